The summed E-state index contributed by atoms with van der Waals surface area (Å²) in [6, 6.07) is 11.8. The number of nitrogens with zero attached hydrogens (tertiary/aromatic N) is 2. The van der Waals surface area contributed by atoms with Gasteiger partial charge in [-0.3, -0.25) is 0 Å². The van der Waals surface area contributed by atoms with Gasteiger partial charge in [0.05, 0.1) is 22.5 Å². The summed E-state index contributed by atoms with van der Waals surface area (Å²) in [5.74, 6) is 0. The van der Waals surface area contributed by atoms with E-state index in [1.54, 1.807) is 12.3 Å². The fraction of sp³-hybridized carbons (Fsp3) is 0. The smallest absolute Gasteiger partial charge is 0.101 e. The average Bonchev–Trinajstić information content (AvgIpc) is 2.66. The van der Waals surface area contributed by atoms with Crippen molar-refractivity contribution in [2.45, 2.75) is 0 Å². The van der Waals surface area contributed by atoms with Gasteiger partial charge in [-0.1, -0.05) is 18.2 Å². The lowest BCUT2D eigenvalue weighted by Gasteiger charge is -1.97. The molecule has 0 bridgehead atoms. The van der Waals surface area contributed by atoms with Crippen molar-refractivity contribution in [3.05, 3.63) is 42.1 Å². The van der Waals surface area contributed by atoms with Gasteiger partial charge in [0.1, 0.15) is 6.07 Å². The SMILES string of the molecule is N#Cc1c[nH]c2c3ccccc3nc-2c1. The molecule has 2 aliphatic rings. The van der Waals surface area contributed by atoms with E-state index in [1.807, 2.05) is 24.3 Å². The van der Waals surface area contributed by atoms with E-state index in [9.17, 15) is 0 Å². The number of aromatic nitrogens is 2. The molecule has 0 aromatic heterocycles. The standard InChI is InChI=1S/C12H7N3/c13-6-8-5-11-12(14-7-8)9-3-1-2-4-10(9)15-11/h1-5,7,14H. The number of fused-ring (bicyclic) bond motifs is 3. The molecule has 0 aliphatic carbocycles. The highest BCUT2D eigenvalue weighted by Gasteiger charge is 2.11. The van der Waals surface area contributed by atoms with Gasteiger partial charge < -0.3 is 4.98 Å². The van der Waals surface area contributed by atoms with Crippen LogP contribution >= 0.6 is 0 Å². The lowest BCUT2D eigenvalue weighted by atomic mass is 10.1. The minimum atomic E-state index is 0.602. The van der Waals surface area contributed by atoms with Gasteiger partial charge in [0.15, 0.2) is 0 Å². The van der Waals surface area contributed by atoms with Crippen LogP contribution in [0, 0.1) is 11.3 Å². The van der Waals surface area contributed by atoms with Crippen LogP contribution < -0.4 is 0 Å². The average molecular weight is 193 g/mol. The van der Waals surface area contributed by atoms with E-state index in [4.69, 9.17) is 5.26 Å². The van der Waals surface area contributed by atoms with Crippen molar-refractivity contribution in [1.29, 1.82) is 5.26 Å². The first kappa shape index (κ1) is 8.01. The second-order valence-corrected chi connectivity index (χ2v) is 3.39. The molecule has 0 fully saturated rings. The number of pyridine rings is 1. The van der Waals surface area contributed by atoms with Gasteiger partial charge in [0, 0.05) is 11.6 Å². The summed E-state index contributed by atoms with van der Waals surface area (Å²) in [5, 5.41) is 9.87. The number of aromatic amines is 1. The lowest BCUT2D eigenvalue weighted by Crippen LogP contribution is -1.84. The predicted molar refractivity (Wildman–Crippen MR) is 57.4 cm³/mol. The van der Waals surface area contributed by atoms with Crippen molar-refractivity contribution in [2.75, 3.05) is 0 Å². The number of hydrogen-bond acceptors (Lipinski definition) is 2. The van der Waals surface area contributed by atoms with Gasteiger partial charge in [-0.05, 0) is 12.1 Å². The second-order valence-electron chi connectivity index (χ2n) is 3.39. The van der Waals surface area contributed by atoms with Gasteiger partial charge in [0.2, 0.25) is 0 Å². The molecule has 0 unspecified atom stereocenters. The van der Waals surface area contributed by atoms with Crippen molar-refractivity contribution in [3.8, 4) is 17.5 Å². The summed E-state index contributed by atoms with van der Waals surface area (Å²) in [6.07, 6.45) is 1.70. The Morgan fingerprint density at radius 2 is 2.13 bits per heavy atom. The topological polar surface area (TPSA) is 52.5 Å². The Morgan fingerprint density at radius 3 is 3.00 bits per heavy atom. The molecule has 1 N–H and O–H groups in total. The molecule has 0 saturated carbocycles. The molecule has 2 aliphatic heterocycles. The molecule has 3 heteroatoms. The molecule has 3 nitrogen and oxygen atoms in total. The van der Waals surface area contributed by atoms with Crippen LogP contribution in [0.2, 0.25) is 0 Å². The fourth-order valence-electron chi connectivity index (χ4n) is 1.77. The number of nitriles is 1. The Morgan fingerprint density at radius 1 is 1.27 bits per heavy atom. The maximum Gasteiger partial charge on any atom is 0.101 e. The molecule has 1 aromatic carbocycles. The van der Waals surface area contributed by atoms with Crippen LogP contribution in [0.15, 0.2) is 36.5 Å². The predicted octanol–water partition coefficient (Wildman–Crippen LogP) is 2.54. The minimum absolute atomic E-state index is 0.602. The van der Waals surface area contributed by atoms with Crippen LogP contribution in [0.5, 0.6) is 0 Å². The van der Waals surface area contributed by atoms with E-state index in [1.165, 1.54) is 0 Å². The molecule has 0 amide bonds. The highest BCUT2D eigenvalue weighted by atomic mass is 14.8. The summed E-state index contributed by atoms with van der Waals surface area (Å²) in [7, 11) is 0. The molecule has 3 rings (SSSR count). The van der Waals surface area contributed by atoms with Crippen LogP contribution in [0.3, 0.4) is 0 Å². The maximum atomic E-state index is 8.77. The van der Waals surface area contributed by atoms with Crippen LogP contribution in [0.25, 0.3) is 22.3 Å². The van der Waals surface area contributed by atoms with Crippen LogP contribution in [0.4, 0.5) is 0 Å². The third-order valence-electron chi connectivity index (χ3n) is 2.46. The first-order valence-electron chi connectivity index (χ1n) is 4.65. The molecule has 1 aromatic rings. The fourth-order valence-corrected chi connectivity index (χ4v) is 1.77. The molecule has 15 heavy (non-hydrogen) atoms. The van der Waals surface area contributed by atoms with Crippen molar-refractivity contribution < 1.29 is 0 Å². The lowest BCUT2D eigenvalue weighted by molar-refractivity contribution is 1.29. The third kappa shape index (κ3) is 1.09. The minimum Gasteiger partial charge on any atom is -0.358 e. The van der Waals surface area contributed by atoms with Crippen LogP contribution in [-0.2, 0) is 0 Å². The van der Waals surface area contributed by atoms with Crippen molar-refractivity contribution in [3.63, 3.8) is 0 Å². The molecule has 70 valence electrons. The largest absolute Gasteiger partial charge is 0.358 e. The van der Waals surface area contributed by atoms with Crippen molar-refractivity contribution in [1.82, 2.24) is 9.97 Å². The van der Waals surface area contributed by atoms with Gasteiger partial charge in [0.25, 0.3) is 0 Å². The zero-order valence-electron chi connectivity index (χ0n) is 7.86. The quantitative estimate of drug-likeness (QED) is 0.596. The zero-order chi connectivity index (χ0) is 10.3. The van der Waals surface area contributed by atoms with E-state index in [-0.39, 0.29) is 0 Å². The summed E-state index contributed by atoms with van der Waals surface area (Å²) in [4.78, 5) is 7.55. The first-order chi connectivity index (χ1) is 7.38. The summed E-state index contributed by atoms with van der Waals surface area (Å²) in [5.41, 5.74) is 3.39. The van der Waals surface area contributed by atoms with Crippen LogP contribution in [-0.4, -0.2) is 9.97 Å². The molecular weight excluding hydrogens is 186 g/mol. The number of nitrogens with one attached hydrogen (secondary N) is 1. The third-order valence-corrected chi connectivity index (χ3v) is 2.46. The van der Waals surface area contributed by atoms with Crippen molar-refractivity contribution in [2.24, 2.45) is 0 Å². The van der Waals surface area contributed by atoms with Gasteiger partial charge in [-0.25, -0.2) is 4.98 Å². The number of hydrogen-bond donors (Lipinski definition) is 1. The number of rotatable bonds is 0. The molecular formula is C12H7N3. The molecule has 0 saturated heterocycles. The number of para-hydroxylation sites is 1. The second kappa shape index (κ2) is 2.82. The molecule has 0 radical (unpaired) electrons. The van der Waals surface area contributed by atoms with Crippen LogP contribution in [0.1, 0.15) is 5.56 Å². The van der Waals surface area contributed by atoms with E-state index < -0.39 is 0 Å². The highest BCUT2D eigenvalue weighted by molar-refractivity contribution is 5.95. The highest BCUT2D eigenvalue weighted by Crippen LogP contribution is 2.28. The maximum absolute atomic E-state index is 8.77. The normalized spacial score (nSPS) is 10.6. The molecule has 2 heterocycles. The summed E-state index contributed by atoms with van der Waals surface area (Å²) >= 11 is 0. The Bertz CT molecular complexity index is 646. The number of benzene rings is 1. The van der Waals surface area contributed by atoms with Crippen molar-refractivity contribution >= 4 is 10.9 Å². The van der Waals surface area contributed by atoms with E-state index >= 15 is 0 Å². The monoisotopic (exact) mass is 193 g/mol. The molecule has 0 atom stereocenters. The van der Waals surface area contributed by atoms with E-state index in [0.717, 1.165) is 22.3 Å². The first-order valence-corrected chi connectivity index (χ1v) is 4.65. The van der Waals surface area contributed by atoms with Gasteiger partial charge in [-0.2, -0.15) is 5.26 Å². The summed E-state index contributed by atoms with van der Waals surface area (Å²) in [6.45, 7) is 0. The summed E-state index contributed by atoms with van der Waals surface area (Å²) < 4.78 is 0. The Labute approximate surface area is 86.3 Å². The number of H-pyrrole nitrogens is 1. The molecule has 0 spiro atoms. The van der Waals surface area contributed by atoms with Gasteiger partial charge >= 0.3 is 0 Å². The van der Waals surface area contributed by atoms with Gasteiger partial charge in [-0.15, -0.1) is 0 Å². The Balaban J connectivity index is 2.45. The van der Waals surface area contributed by atoms with E-state index in [0.29, 0.717) is 5.56 Å². The van der Waals surface area contributed by atoms with E-state index in [2.05, 4.69) is 16.0 Å². The Kier molecular flexibility index (Phi) is 1.51. The zero-order valence-corrected chi connectivity index (χ0v) is 7.86. The Hall–Kier alpha value is -2.34.